The van der Waals surface area contributed by atoms with E-state index in [9.17, 15) is 9.59 Å². The summed E-state index contributed by atoms with van der Waals surface area (Å²) >= 11 is 0. The number of pyridine rings is 1. The average molecular weight is 351 g/mol. The maximum absolute atomic E-state index is 12.9. The fraction of sp³-hybridized carbons (Fsp3) is 0.368. The molecule has 4 heterocycles. The van der Waals surface area contributed by atoms with Gasteiger partial charge in [0, 0.05) is 57.5 Å². The summed E-state index contributed by atoms with van der Waals surface area (Å²) in [5, 5.41) is 0. The van der Waals surface area contributed by atoms with Crippen LogP contribution in [0.1, 0.15) is 21.6 Å². The van der Waals surface area contributed by atoms with Gasteiger partial charge < -0.3 is 14.4 Å². The molecule has 0 radical (unpaired) electrons. The molecule has 0 bridgehead atoms. The Hall–Kier alpha value is -2.96. The van der Waals surface area contributed by atoms with Crippen LogP contribution in [-0.2, 0) is 19.9 Å². The maximum atomic E-state index is 12.9. The third-order valence-corrected chi connectivity index (χ3v) is 5.00. The van der Waals surface area contributed by atoms with E-state index < -0.39 is 0 Å². The summed E-state index contributed by atoms with van der Waals surface area (Å²) in [4.78, 5) is 37.4. The number of fused-ring (bicyclic) bond motifs is 1. The summed E-state index contributed by atoms with van der Waals surface area (Å²) in [5.74, 6) is 0.933. The summed E-state index contributed by atoms with van der Waals surface area (Å²) in [5.41, 5.74) is 2.58. The van der Waals surface area contributed by atoms with Crippen LogP contribution < -0.4 is 10.5 Å². The van der Waals surface area contributed by atoms with Crippen molar-refractivity contribution >= 4 is 11.7 Å². The Morgan fingerprint density at radius 1 is 1.08 bits per heavy atom. The number of amides is 1. The first-order valence-electron chi connectivity index (χ1n) is 8.82. The fourth-order valence-electron chi connectivity index (χ4n) is 3.54. The van der Waals surface area contributed by atoms with Crippen molar-refractivity contribution in [3.63, 3.8) is 0 Å². The van der Waals surface area contributed by atoms with E-state index in [2.05, 4.69) is 27.0 Å². The van der Waals surface area contributed by atoms with Crippen LogP contribution in [0, 0.1) is 0 Å². The highest BCUT2D eigenvalue weighted by molar-refractivity contribution is 5.94. The van der Waals surface area contributed by atoms with E-state index in [0.717, 1.165) is 36.6 Å². The Labute approximate surface area is 151 Å². The molecule has 0 atom stereocenters. The number of nitrogens with zero attached hydrogens (tertiary/aromatic N) is 5. The van der Waals surface area contributed by atoms with Gasteiger partial charge in [0.25, 0.3) is 5.91 Å². The first-order valence-corrected chi connectivity index (χ1v) is 8.82. The van der Waals surface area contributed by atoms with Crippen molar-refractivity contribution in [2.75, 3.05) is 31.1 Å². The van der Waals surface area contributed by atoms with E-state index in [1.54, 1.807) is 25.6 Å². The average Bonchev–Trinajstić information content (AvgIpc) is 3.09. The molecule has 0 saturated heterocycles. The molecule has 0 spiro atoms. The van der Waals surface area contributed by atoms with Crippen molar-refractivity contribution in [3.8, 4) is 0 Å². The second kappa shape index (κ2) is 6.74. The number of hydrogen-bond acceptors (Lipinski definition) is 5. The smallest absolute Gasteiger partial charge is 0.255 e. The van der Waals surface area contributed by atoms with Crippen LogP contribution in [0.2, 0.25) is 0 Å². The summed E-state index contributed by atoms with van der Waals surface area (Å²) in [7, 11) is 1.66. The summed E-state index contributed by atoms with van der Waals surface area (Å²) in [6.07, 6.45) is 8.95. The lowest BCUT2D eigenvalue weighted by Gasteiger charge is -2.21. The Morgan fingerprint density at radius 2 is 1.85 bits per heavy atom. The van der Waals surface area contributed by atoms with Crippen LogP contribution in [0.5, 0.6) is 0 Å². The summed E-state index contributed by atoms with van der Waals surface area (Å²) in [6.45, 7) is 2.97. The fourth-order valence-corrected chi connectivity index (χ4v) is 3.54. The van der Waals surface area contributed by atoms with Gasteiger partial charge in [-0.3, -0.25) is 9.59 Å². The van der Waals surface area contributed by atoms with E-state index >= 15 is 0 Å². The van der Waals surface area contributed by atoms with Crippen molar-refractivity contribution in [1.29, 1.82) is 0 Å². The summed E-state index contributed by atoms with van der Waals surface area (Å²) in [6, 6.07) is 3.04. The zero-order valence-electron chi connectivity index (χ0n) is 14.8. The molecule has 0 N–H and O–H groups in total. The second-order valence-corrected chi connectivity index (χ2v) is 6.66. The Balaban J connectivity index is 1.56. The van der Waals surface area contributed by atoms with Crippen LogP contribution >= 0.6 is 0 Å². The maximum Gasteiger partial charge on any atom is 0.255 e. The SMILES string of the molecule is Cn1cc(C(=O)N2CCc3ncnc(N4CC=CC4)c3CC2)ccc1=O. The molecule has 2 aromatic heterocycles. The molecule has 2 aliphatic rings. The highest BCUT2D eigenvalue weighted by Crippen LogP contribution is 2.25. The molecule has 134 valence electrons. The minimum absolute atomic E-state index is 0.0502. The molecule has 2 aliphatic heterocycles. The third-order valence-electron chi connectivity index (χ3n) is 5.00. The molecule has 0 aliphatic carbocycles. The standard InChI is InChI=1S/C19H21N5O2/c1-22-12-14(4-5-17(22)25)19(26)24-10-6-15-16(7-11-24)20-13-21-18(15)23-8-2-3-9-23/h2-5,12-13H,6-11H2,1H3. The quantitative estimate of drug-likeness (QED) is 0.748. The minimum atomic E-state index is -0.121. The number of rotatable bonds is 2. The molecule has 1 amide bonds. The van der Waals surface area contributed by atoms with Crippen LogP contribution in [0.15, 0.2) is 41.6 Å². The van der Waals surface area contributed by atoms with Crippen LogP contribution in [0.3, 0.4) is 0 Å². The van der Waals surface area contributed by atoms with Gasteiger partial charge in [-0.05, 0) is 12.5 Å². The van der Waals surface area contributed by atoms with Gasteiger partial charge in [0.05, 0.1) is 11.3 Å². The molecular weight excluding hydrogens is 330 g/mol. The predicted octanol–water partition coefficient (Wildman–Crippen LogP) is 0.792. The molecular formula is C19H21N5O2. The zero-order valence-corrected chi connectivity index (χ0v) is 14.8. The largest absolute Gasteiger partial charge is 0.349 e. The van der Waals surface area contributed by atoms with Gasteiger partial charge >= 0.3 is 0 Å². The van der Waals surface area contributed by atoms with Crippen molar-refractivity contribution in [1.82, 2.24) is 19.4 Å². The minimum Gasteiger partial charge on any atom is -0.349 e. The first kappa shape index (κ1) is 16.5. The van der Waals surface area contributed by atoms with Gasteiger partial charge in [-0.15, -0.1) is 0 Å². The van der Waals surface area contributed by atoms with E-state index in [4.69, 9.17) is 0 Å². The van der Waals surface area contributed by atoms with Gasteiger partial charge in [0.15, 0.2) is 0 Å². The zero-order chi connectivity index (χ0) is 18.1. The molecule has 0 unspecified atom stereocenters. The molecule has 0 saturated carbocycles. The second-order valence-electron chi connectivity index (χ2n) is 6.66. The monoisotopic (exact) mass is 351 g/mol. The highest BCUT2D eigenvalue weighted by Gasteiger charge is 2.24. The van der Waals surface area contributed by atoms with Crippen molar-refractivity contribution in [2.24, 2.45) is 7.05 Å². The molecule has 0 fully saturated rings. The number of aromatic nitrogens is 3. The van der Waals surface area contributed by atoms with Gasteiger partial charge in [0.2, 0.25) is 5.56 Å². The Morgan fingerprint density at radius 3 is 2.62 bits per heavy atom. The molecule has 26 heavy (non-hydrogen) atoms. The molecule has 7 heteroatoms. The lowest BCUT2D eigenvalue weighted by atomic mass is 10.1. The predicted molar refractivity (Wildman–Crippen MR) is 98.4 cm³/mol. The number of carbonyl (C=O) groups is 1. The normalized spacial score (nSPS) is 16.5. The van der Waals surface area contributed by atoms with Gasteiger partial charge in [0.1, 0.15) is 12.1 Å². The van der Waals surface area contributed by atoms with Gasteiger partial charge in [-0.2, -0.15) is 0 Å². The Kier molecular flexibility index (Phi) is 4.28. The first-order chi connectivity index (χ1) is 12.6. The van der Waals surface area contributed by atoms with Crippen LogP contribution in [0.25, 0.3) is 0 Å². The highest BCUT2D eigenvalue weighted by atomic mass is 16.2. The van der Waals surface area contributed by atoms with Crippen molar-refractivity contribution in [3.05, 3.63) is 64.0 Å². The summed E-state index contributed by atoms with van der Waals surface area (Å²) < 4.78 is 1.43. The topological polar surface area (TPSA) is 71.3 Å². The Bertz CT molecular complexity index is 926. The van der Waals surface area contributed by atoms with E-state index in [0.29, 0.717) is 25.1 Å². The molecule has 0 aromatic carbocycles. The van der Waals surface area contributed by atoms with Crippen LogP contribution in [0.4, 0.5) is 5.82 Å². The van der Waals surface area contributed by atoms with Gasteiger partial charge in [-0.1, -0.05) is 12.2 Å². The third kappa shape index (κ3) is 3.00. The number of hydrogen-bond donors (Lipinski definition) is 0. The number of aryl methyl sites for hydroxylation is 1. The molecule has 2 aromatic rings. The molecule has 4 rings (SSSR count). The lowest BCUT2D eigenvalue weighted by Crippen LogP contribution is -2.34. The number of carbonyl (C=O) groups excluding carboxylic acids is 1. The van der Waals surface area contributed by atoms with E-state index in [1.165, 1.54) is 10.6 Å². The number of anilines is 1. The van der Waals surface area contributed by atoms with Crippen molar-refractivity contribution in [2.45, 2.75) is 12.8 Å². The molecule has 7 nitrogen and oxygen atoms in total. The van der Waals surface area contributed by atoms with Gasteiger partial charge in [-0.25, -0.2) is 9.97 Å². The van der Waals surface area contributed by atoms with Crippen molar-refractivity contribution < 1.29 is 4.79 Å². The van der Waals surface area contributed by atoms with Crippen LogP contribution in [-0.4, -0.2) is 51.5 Å². The lowest BCUT2D eigenvalue weighted by molar-refractivity contribution is 0.0762. The van der Waals surface area contributed by atoms with E-state index in [-0.39, 0.29) is 11.5 Å². The van der Waals surface area contributed by atoms with E-state index in [1.807, 2.05) is 4.90 Å².